The van der Waals surface area contributed by atoms with Crippen LogP contribution in [0.4, 0.5) is 10.1 Å². The molecule has 0 saturated heterocycles. The molecule has 0 atom stereocenters. The summed E-state index contributed by atoms with van der Waals surface area (Å²) in [6.07, 6.45) is 3.83. The van der Waals surface area contributed by atoms with E-state index >= 15 is 0 Å². The molecule has 0 aliphatic heterocycles. The highest BCUT2D eigenvalue weighted by atomic mass is 19.1. The zero-order valence-electron chi connectivity index (χ0n) is 11.9. The summed E-state index contributed by atoms with van der Waals surface area (Å²) in [5, 5.41) is 0. The lowest BCUT2D eigenvalue weighted by atomic mass is 9.95. The lowest BCUT2D eigenvalue weighted by molar-refractivity contribution is 0.398. The highest BCUT2D eigenvalue weighted by Crippen LogP contribution is 2.44. The van der Waals surface area contributed by atoms with Crippen molar-refractivity contribution in [3.8, 4) is 17.0 Å². The third kappa shape index (κ3) is 2.61. The van der Waals surface area contributed by atoms with E-state index in [-0.39, 0.29) is 5.82 Å². The number of allylic oxidation sites excluding steroid dienone is 1. The third-order valence-corrected chi connectivity index (χ3v) is 3.82. The van der Waals surface area contributed by atoms with Crippen LogP contribution in [0.2, 0.25) is 0 Å². The summed E-state index contributed by atoms with van der Waals surface area (Å²) >= 11 is 0. The first-order valence-electron chi connectivity index (χ1n) is 6.88. The van der Waals surface area contributed by atoms with Crippen LogP contribution in [-0.4, -0.2) is 12.1 Å². The number of pyridine rings is 1. The number of methoxy groups -OCH3 is 1. The van der Waals surface area contributed by atoms with Crippen molar-refractivity contribution >= 4 is 11.3 Å². The fraction of sp³-hybridized carbons (Fsp3) is 0.235. The predicted molar refractivity (Wildman–Crippen MR) is 82.4 cm³/mol. The lowest BCUT2D eigenvalue weighted by Crippen LogP contribution is -2.00. The summed E-state index contributed by atoms with van der Waals surface area (Å²) < 4.78 is 19.1. The number of anilines is 1. The standard InChI is InChI=1S/C17H17FN2O/c1-10(11-3-4-11)14-8-13(18)9-15(17(14)19)12-5-6-20-16(7-12)21-2/h5-9,11H,1,3-4,19H2,2H3. The maximum atomic E-state index is 14.0. The molecule has 0 radical (unpaired) electrons. The van der Waals surface area contributed by atoms with Crippen LogP contribution in [0.15, 0.2) is 37.0 Å². The highest BCUT2D eigenvalue weighted by Gasteiger charge is 2.27. The molecule has 0 spiro atoms. The number of aromatic nitrogens is 1. The molecule has 1 saturated carbocycles. The molecule has 1 heterocycles. The van der Waals surface area contributed by atoms with Crippen molar-refractivity contribution in [2.24, 2.45) is 5.92 Å². The van der Waals surface area contributed by atoms with E-state index < -0.39 is 0 Å². The average Bonchev–Trinajstić information content (AvgIpc) is 3.33. The summed E-state index contributed by atoms with van der Waals surface area (Å²) in [6, 6.07) is 6.44. The number of nitrogen functional groups attached to an aromatic ring is 1. The molecule has 2 aromatic rings. The minimum atomic E-state index is -0.313. The van der Waals surface area contributed by atoms with Gasteiger partial charge in [0.2, 0.25) is 5.88 Å². The van der Waals surface area contributed by atoms with Gasteiger partial charge in [0.1, 0.15) is 5.82 Å². The van der Waals surface area contributed by atoms with Gasteiger partial charge in [-0.15, -0.1) is 0 Å². The number of benzene rings is 1. The fourth-order valence-corrected chi connectivity index (χ4v) is 2.46. The van der Waals surface area contributed by atoms with Gasteiger partial charge in [0.15, 0.2) is 0 Å². The highest BCUT2D eigenvalue weighted by molar-refractivity contribution is 5.87. The van der Waals surface area contributed by atoms with Crippen molar-refractivity contribution in [3.05, 3.63) is 48.4 Å². The quantitative estimate of drug-likeness (QED) is 0.866. The first-order valence-corrected chi connectivity index (χ1v) is 6.88. The maximum absolute atomic E-state index is 14.0. The molecular formula is C17H17FN2O. The van der Waals surface area contributed by atoms with Crippen LogP contribution in [0.5, 0.6) is 5.88 Å². The first kappa shape index (κ1) is 13.6. The number of halogens is 1. The molecule has 0 unspecified atom stereocenters. The Hall–Kier alpha value is -2.36. The second-order valence-electron chi connectivity index (χ2n) is 5.30. The Kier molecular flexibility index (Phi) is 3.37. The van der Waals surface area contributed by atoms with E-state index in [1.165, 1.54) is 12.1 Å². The van der Waals surface area contributed by atoms with Gasteiger partial charge in [0.25, 0.3) is 0 Å². The average molecular weight is 284 g/mol. The van der Waals surface area contributed by atoms with Gasteiger partial charge >= 0.3 is 0 Å². The van der Waals surface area contributed by atoms with Crippen molar-refractivity contribution in [1.29, 1.82) is 0 Å². The van der Waals surface area contributed by atoms with Crippen molar-refractivity contribution in [2.45, 2.75) is 12.8 Å². The third-order valence-electron chi connectivity index (χ3n) is 3.82. The first-order chi connectivity index (χ1) is 10.1. The molecule has 1 aromatic heterocycles. The molecule has 3 nitrogen and oxygen atoms in total. The van der Waals surface area contributed by atoms with Gasteiger partial charge in [-0.1, -0.05) is 6.58 Å². The van der Waals surface area contributed by atoms with E-state index in [9.17, 15) is 4.39 Å². The number of hydrogen-bond acceptors (Lipinski definition) is 3. The Morgan fingerprint density at radius 2 is 2.14 bits per heavy atom. The Bertz CT molecular complexity index is 708. The number of rotatable bonds is 4. The number of nitrogens with zero attached hydrogens (tertiary/aromatic N) is 1. The van der Waals surface area contributed by atoms with Crippen molar-refractivity contribution in [3.63, 3.8) is 0 Å². The SMILES string of the molecule is C=C(c1cc(F)cc(-c2ccnc(OC)c2)c1N)C1CC1. The molecule has 0 amide bonds. The zero-order chi connectivity index (χ0) is 15.0. The normalized spacial score (nSPS) is 14.0. The largest absolute Gasteiger partial charge is 0.481 e. The van der Waals surface area contributed by atoms with E-state index in [0.717, 1.165) is 24.0 Å². The Balaban J connectivity index is 2.11. The van der Waals surface area contributed by atoms with E-state index in [2.05, 4.69) is 11.6 Å². The molecular weight excluding hydrogens is 267 g/mol. The van der Waals surface area contributed by atoms with Crippen LogP contribution < -0.4 is 10.5 Å². The van der Waals surface area contributed by atoms with Crippen LogP contribution >= 0.6 is 0 Å². The van der Waals surface area contributed by atoms with Crippen molar-refractivity contribution in [1.82, 2.24) is 4.98 Å². The summed E-state index contributed by atoms with van der Waals surface area (Å²) in [7, 11) is 1.54. The molecule has 108 valence electrons. The van der Waals surface area contributed by atoms with Crippen LogP contribution in [0, 0.1) is 11.7 Å². The monoisotopic (exact) mass is 284 g/mol. The van der Waals surface area contributed by atoms with Gasteiger partial charge in [-0.25, -0.2) is 9.37 Å². The summed E-state index contributed by atoms with van der Waals surface area (Å²) in [5.41, 5.74) is 9.87. The Morgan fingerprint density at radius 1 is 1.38 bits per heavy atom. The van der Waals surface area contributed by atoms with E-state index in [1.54, 1.807) is 25.4 Å². The molecule has 1 fully saturated rings. The van der Waals surface area contributed by atoms with Gasteiger partial charge in [-0.3, -0.25) is 0 Å². The summed E-state index contributed by atoms with van der Waals surface area (Å²) in [6.45, 7) is 4.07. The number of hydrogen-bond donors (Lipinski definition) is 1. The molecule has 0 bridgehead atoms. The molecule has 1 aliphatic rings. The van der Waals surface area contributed by atoms with Gasteiger partial charge in [-0.05, 0) is 48.1 Å². The zero-order valence-corrected chi connectivity index (χ0v) is 11.9. The maximum Gasteiger partial charge on any atom is 0.213 e. The van der Waals surface area contributed by atoms with Crippen LogP contribution in [0.3, 0.4) is 0 Å². The Morgan fingerprint density at radius 3 is 2.81 bits per heavy atom. The van der Waals surface area contributed by atoms with E-state index in [1.807, 2.05) is 0 Å². The second kappa shape index (κ2) is 5.20. The molecule has 2 N–H and O–H groups in total. The molecule has 1 aromatic carbocycles. The van der Waals surface area contributed by atoms with Gasteiger partial charge in [-0.2, -0.15) is 0 Å². The molecule has 3 rings (SSSR count). The number of ether oxygens (including phenoxy) is 1. The second-order valence-corrected chi connectivity index (χ2v) is 5.30. The van der Waals surface area contributed by atoms with Crippen LogP contribution in [0.1, 0.15) is 18.4 Å². The molecule has 4 heteroatoms. The fourth-order valence-electron chi connectivity index (χ4n) is 2.46. The topological polar surface area (TPSA) is 48.1 Å². The molecule has 1 aliphatic carbocycles. The predicted octanol–water partition coefficient (Wildman–Crippen LogP) is 3.90. The summed E-state index contributed by atoms with van der Waals surface area (Å²) in [4.78, 5) is 4.06. The number of nitrogens with two attached hydrogens (primary N) is 1. The smallest absolute Gasteiger partial charge is 0.213 e. The van der Waals surface area contributed by atoms with Gasteiger partial charge in [0, 0.05) is 29.1 Å². The van der Waals surface area contributed by atoms with Crippen LogP contribution in [0.25, 0.3) is 16.7 Å². The minimum Gasteiger partial charge on any atom is -0.481 e. The van der Waals surface area contributed by atoms with Crippen molar-refractivity contribution in [2.75, 3.05) is 12.8 Å². The van der Waals surface area contributed by atoms with E-state index in [4.69, 9.17) is 10.5 Å². The van der Waals surface area contributed by atoms with Crippen molar-refractivity contribution < 1.29 is 9.13 Å². The lowest BCUT2D eigenvalue weighted by Gasteiger charge is -2.14. The molecule has 21 heavy (non-hydrogen) atoms. The van der Waals surface area contributed by atoms with Crippen LogP contribution in [-0.2, 0) is 0 Å². The Labute approximate surface area is 123 Å². The summed E-state index contributed by atoms with van der Waals surface area (Å²) in [5.74, 6) is 0.597. The minimum absolute atomic E-state index is 0.313. The van der Waals surface area contributed by atoms with E-state index in [0.29, 0.717) is 28.6 Å². The van der Waals surface area contributed by atoms with Gasteiger partial charge < -0.3 is 10.5 Å². The van der Waals surface area contributed by atoms with Gasteiger partial charge in [0.05, 0.1) is 7.11 Å².